The Balaban J connectivity index is 2.65. The molecule has 1 aromatic rings. The van der Waals surface area contributed by atoms with Crippen molar-refractivity contribution in [2.24, 2.45) is 5.92 Å². The van der Waals surface area contributed by atoms with Gasteiger partial charge in [0, 0.05) is 17.7 Å². The smallest absolute Gasteiger partial charge is 0.159 e. The number of nitrogens with one attached hydrogen (secondary N) is 1. The molecule has 0 saturated heterocycles. The van der Waals surface area contributed by atoms with E-state index >= 15 is 0 Å². The Hall–Kier alpha value is -1.85. The van der Waals surface area contributed by atoms with Crippen LogP contribution in [0, 0.1) is 5.92 Å². The van der Waals surface area contributed by atoms with Crippen LogP contribution >= 0.6 is 0 Å². The number of allylic oxidation sites excluding steroid dienone is 1. The van der Waals surface area contributed by atoms with Gasteiger partial charge in [0.15, 0.2) is 5.78 Å². The summed E-state index contributed by atoms with van der Waals surface area (Å²) in [5.41, 5.74) is 1.39. The summed E-state index contributed by atoms with van der Waals surface area (Å²) in [7, 11) is 0. The van der Waals surface area contributed by atoms with Crippen molar-refractivity contribution in [1.29, 1.82) is 0 Å². The van der Waals surface area contributed by atoms with Crippen molar-refractivity contribution in [3.63, 3.8) is 0 Å². The molecule has 0 aromatic heterocycles. The van der Waals surface area contributed by atoms with Crippen LogP contribution in [0.3, 0.4) is 0 Å². The SMILES string of the molecule is C/C=C/OCc1cc(C(C)=O)ccc1OCC(O)CNCC(C)C. The molecule has 24 heavy (non-hydrogen) atoms. The Labute approximate surface area is 144 Å². The van der Waals surface area contributed by atoms with Crippen LogP contribution < -0.4 is 10.1 Å². The molecule has 2 N–H and O–H groups in total. The van der Waals surface area contributed by atoms with E-state index in [1.807, 2.05) is 6.92 Å². The number of ether oxygens (including phenoxy) is 2. The lowest BCUT2D eigenvalue weighted by Gasteiger charge is -2.16. The molecule has 134 valence electrons. The zero-order valence-electron chi connectivity index (χ0n) is 15.0. The number of aliphatic hydroxyl groups excluding tert-OH is 1. The van der Waals surface area contributed by atoms with Crippen LogP contribution in [0.2, 0.25) is 0 Å². The van der Waals surface area contributed by atoms with E-state index in [2.05, 4.69) is 19.2 Å². The Morgan fingerprint density at radius 2 is 2.08 bits per heavy atom. The third-order valence-corrected chi connectivity index (χ3v) is 3.30. The van der Waals surface area contributed by atoms with Crippen LogP contribution in [0.25, 0.3) is 0 Å². The van der Waals surface area contributed by atoms with E-state index in [1.54, 1.807) is 30.5 Å². The van der Waals surface area contributed by atoms with E-state index in [9.17, 15) is 9.90 Å². The number of Topliss-reactive ketones (excluding diaryl/α,β-unsaturated/α-hetero) is 1. The second-order valence-corrected chi connectivity index (χ2v) is 6.18. The molecule has 0 saturated carbocycles. The van der Waals surface area contributed by atoms with E-state index in [0.717, 1.165) is 12.1 Å². The first-order valence-corrected chi connectivity index (χ1v) is 8.32. The number of benzene rings is 1. The lowest BCUT2D eigenvalue weighted by Crippen LogP contribution is -2.33. The van der Waals surface area contributed by atoms with Crippen LogP contribution in [-0.4, -0.2) is 36.7 Å². The predicted octanol–water partition coefficient (Wildman–Crippen LogP) is 2.92. The minimum Gasteiger partial charge on any atom is -0.497 e. The fourth-order valence-electron chi connectivity index (χ4n) is 2.07. The molecule has 5 nitrogen and oxygen atoms in total. The number of hydrogen-bond donors (Lipinski definition) is 2. The second kappa shape index (κ2) is 10.8. The highest BCUT2D eigenvalue weighted by Crippen LogP contribution is 2.22. The Bertz CT molecular complexity index is 540. The number of rotatable bonds is 11. The Morgan fingerprint density at radius 3 is 2.71 bits per heavy atom. The first-order valence-electron chi connectivity index (χ1n) is 8.32. The van der Waals surface area contributed by atoms with Crippen molar-refractivity contribution in [2.75, 3.05) is 19.7 Å². The molecule has 0 aliphatic heterocycles. The zero-order chi connectivity index (χ0) is 17.9. The van der Waals surface area contributed by atoms with Gasteiger partial charge in [-0.3, -0.25) is 4.79 Å². The van der Waals surface area contributed by atoms with Crippen LogP contribution in [0.4, 0.5) is 0 Å². The molecule has 0 spiro atoms. The number of carbonyl (C=O) groups excluding carboxylic acids is 1. The van der Waals surface area contributed by atoms with Crippen LogP contribution in [-0.2, 0) is 11.3 Å². The number of carbonyl (C=O) groups is 1. The molecule has 0 fully saturated rings. The molecule has 0 heterocycles. The van der Waals surface area contributed by atoms with Gasteiger partial charge in [-0.05, 0) is 44.5 Å². The van der Waals surface area contributed by atoms with Gasteiger partial charge in [0.2, 0.25) is 0 Å². The lowest BCUT2D eigenvalue weighted by atomic mass is 10.1. The van der Waals surface area contributed by atoms with Gasteiger partial charge in [-0.1, -0.05) is 19.9 Å². The van der Waals surface area contributed by atoms with Gasteiger partial charge in [0.25, 0.3) is 0 Å². The van der Waals surface area contributed by atoms with Crippen molar-refractivity contribution in [3.05, 3.63) is 41.7 Å². The molecule has 0 amide bonds. The molecule has 0 aliphatic rings. The maximum atomic E-state index is 11.5. The average Bonchev–Trinajstić information content (AvgIpc) is 2.53. The van der Waals surface area contributed by atoms with Crippen molar-refractivity contribution in [3.8, 4) is 5.75 Å². The molecule has 1 rings (SSSR count). The van der Waals surface area contributed by atoms with E-state index in [-0.39, 0.29) is 12.4 Å². The lowest BCUT2D eigenvalue weighted by molar-refractivity contribution is 0.101. The minimum absolute atomic E-state index is 0.00764. The van der Waals surface area contributed by atoms with E-state index < -0.39 is 6.10 Å². The number of hydrogen-bond acceptors (Lipinski definition) is 5. The summed E-state index contributed by atoms with van der Waals surface area (Å²) < 4.78 is 11.1. The molecular formula is C19H29NO4. The van der Waals surface area contributed by atoms with Crippen molar-refractivity contribution in [2.45, 2.75) is 40.4 Å². The summed E-state index contributed by atoms with van der Waals surface area (Å²) in [4.78, 5) is 11.5. The van der Waals surface area contributed by atoms with Gasteiger partial charge in [-0.2, -0.15) is 0 Å². The predicted molar refractivity (Wildman–Crippen MR) is 95.3 cm³/mol. The van der Waals surface area contributed by atoms with E-state index in [4.69, 9.17) is 9.47 Å². The van der Waals surface area contributed by atoms with Gasteiger partial charge in [-0.25, -0.2) is 0 Å². The molecule has 0 bridgehead atoms. The quantitative estimate of drug-likeness (QED) is 0.481. The van der Waals surface area contributed by atoms with Crippen LogP contribution in [0.1, 0.15) is 43.6 Å². The second-order valence-electron chi connectivity index (χ2n) is 6.18. The number of ketones is 1. The molecule has 0 radical (unpaired) electrons. The first kappa shape index (κ1) is 20.2. The van der Waals surface area contributed by atoms with Crippen molar-refractivity contribution in [1.82, 2.24) is 5.32 Å². The summed E-state index contributed by atoms with van der Waals surface area (Å²) in [6.45, 7) is 9.44. The van der Waals surface area contributed by atoms with Crippen LogP contribution in [0.5, 0.6) is 5.75 Å². The molecule has 5 heteroatoms. The Morgan fingerprint density at radius 1 is 1.33 bits per heavy atom. The van der Waals surface area contributed by atoms with Crippen molar-refractivity contribution >= 4 is 5.78 Å². The standard InChI is InChI=1S/C19H29NO4/c1-5-8-23-12-17-9-16(15(4)21)6-7-19(17)24-13-18(22)11-20-10-14(2)3/h5-9,14,18,20,22H,10-13H2,1-4H3/b8-5+. The fourth-order valence-corrected chi connectivity index (χ4v) is 2.07. The minimum atomic E-state index is -0.597. The maximum absolute atomic E-state index is 11.5. The summed E-state index contributed by atoms with van der Waals surface area (Å²) in [5.74, 6) is 1.15. The fraction of sp³-hybridized carbons (Fsp3) is 0.526. The highest BCUT2D eigenvalue weighted by atomic mass is 16.5. The molecular weight excluding hydrogens is 306 g/mol. The largest absolute Gasteiger partial charge is 0.497 e. The van der Waals surface area contributed by atoms with Gasteiger partial charge in [0.1, 0.15) is 25.1 Å². The normalized spacial score (nSPS) is 12.6. The van der Waals surface area contributed by atoms with Gasteiger partial charge >= 0.3 is 0 Å². The molecule has 1 aromatic carbocycles. The summed E-state index contributed by atoms with van der Waals surface area (Å²) >= 11 is 0. The third kappa shape index (κ3) is 7.62. The highest BCUT2D eigenvalue weighted by Gasteiger charge is 2.11. The first-order chi connectivity index (χ1) is 11.4. The summed E-state index contributed by atoms with van der Waals surface area (Å²) in [5, 5.41) is 13.2. The molecule has 1 unspecified atom stereocenters. The van der Waals surface area contributed by atoms with E-state index in [0.29, 0.717) is 30.4 Å². The van der Waals surface area contributed by atoms with Gasteiger partial charge in [-0.15, -0.1) is 0 Å². The summed E-state index contributed by atoms with van der Waals surface area (Å²) in [6.07, 6.45) is 2.79. The number of aliphatic hydroxyl groups is 1. The topological polar surface area (TPSA) is 67.8 Å². The van der Waals surface area contributed by atoms with Crippen LogP contribution in [0.15, 0.2) is 30.5 Å². The summed E-state index contributed by atoms with van der Waals surface area (Å²) in [6, 6.07) is 5.24. The zero-order valence-corrected chi connectivity index (χ0v) is 15.0. The van der Waals surface area contributed by atoms with E-state index in [1.165, 1.54) is 6.92 Å². The Kier molecular flexibility index (Phi) is 9.12. The van der Waals surface area contributed by atoms with Crippen molar-refractivity contribution < 1.29 is 19.4 Å². The monoisotopic (exact) mass is 335 g/mol. The molecule has 1 atom stereocenters. The molecule has 0 aliphatic carbocycles. The maximum Gasteiger partial charge on any atom is 0.159 e. The van der Waals surface area contributed by atoms with Gasteiger partial charge < -0.3 is 19.9 Å². The highest BCUT2D eigenvalue weighted by molar-refractivity contribution is 5.94. The average molecular weight is 335 g/mol. The third-order valence-electron chi connectivity index (χ3n) is 3.30. The van der Waals surface area contributed by atoms with Gasteiger partial charge in [0.05, 0.1) is 6.26 Å².